The van der Waals surface area contributed by atoms with Crippen molar-refractivity contribution in [2.24, 2.45) is 0 Å². The zero-order chi connectivity index (χ0) is 14.4. The van der Waals surface area contributed by atoms with E-state index in [4.69, 9.17) is 5.73 Å². The first-order chi connectivity index (χ1) is 8.93. The van der Waals surface area contributed by atoms with Crippen LogP contribution in [0.25, 0.3) is 0 Å². The molecule has 5 nitrogen and oxygen atoms in total. The van der Waals surface area contributed by atoms with Gasteiger partial charge in [0.15, 0.2) is 0 Å². The van der Waals surface area contributed by atoms with E-state index in [1.807, 2.05) is 33.3 Å². The summed E-state index contributed by atoms with van der Waals surface area (Å²) in [7, 11) is 6.03. The van der Waals surface area contributed by atoms with E-state index >= 15 is 0 Å². The highest BCUT2D eigenvalue weighted by Gasteiger charge is 2.09. The number of benzene rings is 1. The first-order valence-electron chi connectivity index (χ1n) is 6.13. The minimum absolute atomic E-state index is 0.243. The molecule has 1 aromatic carbocycles. The second kappa shape index (κ2) is 6.80. The van der Waals surface area contributed by atoms with Gasteiger partial charge >= 0.3 is 0 Å². The van der Waals surface area contributed by atoms with Gasteiger partial charge in [0.1, 0.15) is 0 Å². The van der Waals surface area contributed by atoms with Gasteiger partial charge in [-0.25, -0.2) is 0 Å². The molecule has 0 aliphatic heterocycles. The number of likely N-dealkylation sites (N-methyl/N-ethyl adjacent to an activating group) is 2. The Morgan fingerprint density at radius 2 is 2.05 bits per heavy atom. The largest absolute Gasteiger partial charge is 0.399 e. The van der Waals surface area contributed by atoms with Crippen molar-refractivity contribution in [2.45, 2.75) is 0 Å². The molecule has 0 atom stereocenters. The number of hydrogen-bond donors (Lipinski definition) is 2. The molecule has 1 aromatic rings. The van der Waals surface area contributed by atoms with E-state index in [-0.39, 0.29) is 5.91 Å². The van der Waals surface area contributed by atoms with Gasteiger partial charge in [-0.15, -0.1) is 0 Å². The molecule has 1 rings (SSSR count). The van der Waals surface area contributed by atoms with Crippen molar-refractivity contribution in [3.8, 4) is 0 Å². The second-order valence-corrected chi connectivity index (χ2v) is 4.69. The van der Waals surface area contributed by atoms with Crippen LogP contribution in [0, 0.1) is 0 Å². The van der Waals surface area contributed by atoms with Crippen molar-refractivity contribution in [1.29, 1.82) is 0 Å². The van der Waals surface area contributed by atoms with Gasteiger partial charge < -0.3 is 20.9 Å². The predicted molar refractivity (Wildman–Crippen MR) is 81.5 cm³/mol. The van der Waals surface area contributed by atoms with Crippen LogP contribution >= 0.6 is 0 Å². The van der Waals surface area contributed by atoms with Crippen molar-refractivity contribution in [3.63, 3.8) is 0 Å². The highest BCUT2D eigenvalue weighted by molar-refractivity contribution is 6.01. The van der Waals surface area contributed by atoms with Crippen molar-refractivity contribution in [3.05, 3.63) is 30.9 Å². The summed E-state index contributed by atoms with van der Waals surface area (Å²) in [6, 6.07) is 5.48. The number of carbonyl (C=O) groups excluding carboxylic acids is 1. The van der Waals surface area contributed by atoms with Crippen molar-refractivity contribution in [1.82, 2.24) is 4.90 Å². The van der Waals surface area contributed by atoms with Crippen LogP contribution in [0.15, 0.2) is 30.9 Å². The Bertz CT molecular complexity index is 457. The third-order valence-corrected chi connectivity index (χ3v) is 2.76. The van der Waals surface area contributed by atoms with Gasteiger partial charge in [0.2, 0.25) is 5.91 Å². The lowest BCUT2D eigenvalue weighted by molar-refractivity contribution is -0.111. The highest BCUT2D eigenvalue weighted by atomic mass is 16.1. The van der Waals surface area contributed by atoms with Gasteiger partial charge in [-0.2, -0.15) is 0 Å². The predicted octanol–water partition coefficient (Wildman–Crippen LogP) is 1.39. The maximum absolute atomic E-state index is 11.4. The Balaban J connectivity index is 2.91. The van der Waals surface area contributed by atoms with E-state index in [0.717, 1.165) is 18.8 Å². The average molecular weight is 262 g/mol. The number of rotatable bonds is 6. The summed E-state index contributed by atoms with van der Waals surface area (Å²) in [5, 5.41) is 2.78. The quantitative estimate of drug-likeness (QED) is 0.601. The molecule has 0 aliphatic rings. The van der Waals surface area contributed by atoms with E-state index in [9.17, 15) is 4.79 Å². The molecule has 19 heavy (non-hydrogen) atoms. The zero-order valence-corrected chi connectivity index (χ0v) is 11.8. The van der Waals surface area contributed by atoms with Gasteiger partial charge in [0.25, 0.3) is 0 Å². The molecule has 0 bridgehead atoms. The third-order valence-electron chi connectivity index (χ3n) is 2.76. The molecule has 0 radical (unpaired) electrons. The summed E-state index contributed by atoms with van der Waals surface area (Å²) in [6.07, 6.45) is 1.24. The minimum atomic E-state index is -0.243. The van der Waals surface area contributed by atoms with Crippen molar-refractivity contribution < 1.29 is 4.79 Å². The van der Waals surface area contributed by atoms with Gasteiger partial charge in [0, 0.05) is 25.8 Å². The normalized spacial score (nSPS) is 10.3. The Morgan fingerprint density at radius 1 is 1.37 bits per heavy atom. The van der Waals surface area contributed by atoms with Gasteiger partial charge in [0.05, 0.1) is 11.4 Å². The highest BCUT2D eigenvalue weighted by Crippen LogP contribution is 2.27. The fourth-order valence-electron chi connectivity index (χ4n) is 1.64. The van der Waals surface area contributed by atoms with Crippen LogP contribution in [0.4, 0.5) is 17.1 Å². The maximum Gasteiger partial charge on any atom is 0.247 e. The van der Waals surface area contributed by atoms with E-state index in [2.05, 4.69) is 21.7 Å². The molecule has 0 aliphatic carbocycles. The molecule has 0 spiro atoms. The van der Waals surface area contributed by atoms with Crippen LogP contribution in [0.2, 0.25) is 0 Å². The number of anilines is 3. The fourth-order valence-corrected chi connectivity index (χ4v) is 1.64. The Labute approximate surface area is 114 Å². The smallest absolute Gasteiger partial charge is 0.247 e. The summed E-state index contributed by atoms with van der Waals surface area (Å²) in [5.74, 6) is -0.243. The number of carbonyl (C=O) groups is 1. The fraction of sp³-hybridized carbons (Fsp3) is 0.357. The summed E-state index contributed by atoms with van der Waals surface area (Å²) >= 11 is 0. The van der Waals surface area contributed by atoms with Crippen LogP contribution < -0.4 is 16.0 Å². The molecular weight excluding hydrogens is 240 g/mol. The summed E-state index contributed by atoms with van der Waals surface area (Å²) in [5.41, 5.74) is 8.01. The number of nitrogens with two attached hydrogens (primary N) is 1. The molecule has 0 fully saturated rings. The molecule has 0 unspecified atom stereocenters. The SMILES string of the molecule is C=CC(=O)Nc1cc(N)ccc1N(C)CCN(C)C. The second-order valence-electron chi connectivity index (χ2n) is 4.69. The van der Waals surface area contributed by atoms with Crippen LogP contribution in [-0.2, 0) is 4.79 Å². The molecule has 3 N–H and O–H groups in total. The van der Waals surface area contributed by atoms with Crippen LogP contribution in [0.5, 0.6) is 0 Å². The van der Waals surface area contributed by atoms with E-state index in [0.29, 0.717) is 11.4 Å². The first-order valence-corrected chi connectivity index (χ1v) is 6.13. The lowest BCUT2D eigenvalue weighted by Gasteiger charge is -2.24. The molecule has 5 heteroatoms. The van der Waals surface area contributed by atoms with Gasteiger partial charge in [-0.3, -0.25) is 4.79 Å². The van der Waals surface area contributed by atoms with Gasteiger partial charge in [-0.05, 0) is 38.4 Å². The van der Waals surface area contributed by atoms with Crippen LogP contribution in [0.1, 0.15) is 0 Å². The molecule has 0 aromatic heterocycles. The molecular formula is C14H22N4O. The summed E-state index contributed by atoms with van der Waals surface area (Å²) < 4.78 is 0. The minimum Gasteiger partial charge on any atom is -0.399 e. The zero-order valence-electron chi connectivity index (χ0n) is 11.8. The van der Waals surface area contributed by atoms with Crippen molar-refractivity contribution >= 4 is 23.0 Å². The summed E-state index contributed by atoms with van der Waals surface area (Å²) in [4.78, 5) is 15.6. The lowest BCUT2D eigenvalue weighted by Crippen LogP contribution is -2.29. The van der Waals surface area contributed by atoms with Crippen molar-refractivity contribution in [2.75, 3.05) is 50.2 Å². The molecule has 1 amide bonds. The first kappa shape index (κ1) is 15.0. The molecule has 0 saturated carbocycles. The van der Waals surface area contributed by atoms with E-state index in [1.165, 1.54) is 6.08 Å². The molecule has 0 saturated heterocycles. The Morgan fingerprint density at radius 3 is 2.63 bits per heavy atom. The van der Waals surface area contributed by atoms with Crippen LogP contribution in [0.3, 0.4) is 0 Å². The number of amides is 1. The number of nitrogen functional groups attached to an aromatic ring is 1. The standard InChI is InChI=1S/C14H22N4O/c1-5-14(19)16-12-10-11(15)6-7-13(12)18(4)9-8-17(2)3/h5-7,10H,1,8-9,15H2,2-4H3,(H,16,19). The number of nitrogens with one attached hydrogen (secondary N) is 1. The monoisotopic (exact) mass is 262 g/mol. The maximum atomic E-state index is 11.4. The van der Waals surface area contributed by atoms with Crippen LogP contribution in [-0.4, -0.2) is 45.0 Å². The molecule has 104 valence electrons. The summed E-state index contributed by atoms with van der Waals surface area (Å²) in [6.45, 7) is 5.23. The Hall–Kier alpha value is -2.01. The van der Waals surface area contributed by atoms with E-state index in [1.54, 1.807) is 6.07 Å². The average Bonchev–Trinajstić information content (AvgIpc) is 2.36. The number of nitrogens with zero attached hydrogens (tertiary/aromatic N) is 2. The number of hydrogen-bond acceptors (Lipinski definition) is 4. The topological polar surface area (TPSA) is 61.6 Å². The molecule has 0 heterocycles. The third kappa shape index (κ3) is 4.63. The van der Waals surface area contributed by atoms with E-state index < -0.39 is 0 Å². The lowest BCUT2D eigenvalue weighted by atomic mass is 10.2. The van der Waals surface area contributed by atoms with Gasteiger partial charge in [-0.1, -0.05) is 6.58 Å². The Kier molecular flexibility index (Phi) is 5.38.